The molecule has 0 aliphatic rings. The van der Waals surface area contributed by atoms with Crippen LogP contribution in [0.2, 0.25) is 0 Å². The summed E-state index contributed by atoms with van der Waals surface area (Å²) in [5.41, 5.74) is -1.01. The van der Waals surface area contributed by atoms with Crippen molar-refractivity contribution in [3.8, 4) is 11.3 Å². The lowest BCUT2D eigenvalue weighted by molar-refractivity contribution is -0.384. The van der Waals surface area contributed by atoms with Crippen LogP contribution < -0.4 is 0 Å². The van der Waals surface area contributed by atoms with E-state index < -0.39 is 22.2 Å². The molecule has 0 amide bonds. The molecule has 1 heterocycles. The topological polar surface area (TPSA) is 56.3 Å². The lowest BCUT2D eigenvalue weighted by Crippen LogP contribution is -1.96. The molecular formula is C10H5F2NO3. The lowest BCUT2D eigenvalue weighted by Gasteiger charge is -2.01. The number of nitro benzene ring substituents is 1. The Labute approximate surface area is 88.3 Å². The van der Waals surface area contributed by atoms with Crippen molar-refractivity contribution in [3.63, 3.8) is 0 Å². The van der Waals surface area contributed by atoms with Crippen molar-refractivity contribution in [3.05, 3.63) is 52.3 Å². The quantitative estimate of drug-likeness (QED) is 0.582. The fourth-order valence-corrected chi connectivity index (χ4v) is 1.37. The second kappa shape index (κ2) is 3.73. The van der Waals surface area contributed by atoms with Gasteiger partial charge in [0, 0.05) is 6.07 Å². The van der Waals surface area contributed by atoms with Gasteiger partial charge in [0.1, 0.15) is 23.0 Å². The Bertz CT molecular complexity index is 537. The van der Waals surface area contributed by atoms with Crippen LogP contribution in [0.4, 0.5) is 14.5 Å². The van der Waals surface area contributed by atoms with E-state index in [-0.39, 0.29) is 11.3 Å². The first kappa shape index (κ1) is 10.3. The summed E-state index contributed by atoms with van der Waals surface area (Å²) >= 11 is 0. The maximum Gasteiger partial charge on any atom is 0.286 e. The van der Waals surface area contributed by atoms with Crippen molar-refractivity contribution in [2.75, 3.05) is 0 Å². The Hall–Kier alpha value is -2.24. The summed E-state index contributed by atoms with van der Waals surface area (Å²) in [6, 6.07) is 4.05. The molecule has 0 saturated heterocycles. The van der Waals surface area contributed by atoms with Crippen LogP contribution in [0.5, 0.6) is 0 Å². The van der Waals surface area contributed by atoms with Crippen molar-refractivity contribution < 1.29 is 18.1 Å². The van der Waals surface area contributed by atoms with Crippen LogP contribution in [0.25, 0.3) is 11.3 Å². The molecule has 0 N–H and O–H groups in total. The number of hydrogen-bond acceptors (Lipinski definition) is 3. The Balaban J connectivity index is 2.72. The smallest absolute Gasteiger partial charge is 0.286 e. The third-order valence-electron chi connectivity index (χ3n) is 2.00. The molecule has 0 atom stereocenters. The minimum atomic E-state index is -1.03. The average molecular weight is 225 g/mol. The molecule has 16 heavy (non-hydrogen) atoms. The highest BCUT2D eigenvalue weighted by molar-refractivity contribution is 5.70. The molecule has 6 heteroatoms. The summed E-state index contributed by atoms with van der Waals surface area (Å²) in [4.78, 5) is 9.79. The fourth-order valence-electron chi connectivity index (χ4n) is 1.37. The molecule has 0 saturated carbocycles. The Morgan fingerprint density at radius 3 is 2.62 bits per heavy atom. The predicted octanol–water partition coefficient (Wildman–Crippen LogP) is 3.13. The zero-order chi connectivity index (χ0) is 11.7. The van der Waals surface area contributed by atoms with Crippen LogP contribution in [-0.4, -0.2) is 4.92 Å². The highest BCUT2D eigenvalue weighted by Gasteiger charge is 2.23. The van der Waals surface area contributed by atoms with Gasteiger partial charge in [-0.2, -0.15) is 0 Å². The van der Waals surface area contributed by atoms with Crippen LogP contribution in [0.3, 0.4) is 0 Å². The summed E-state index contributed by atoms with van der Waals surface area (Å²) in [6.07, 6.45) is 1.25. The fraction of sp³-hybridized carbons (Fsp3) is 0. The van der Waals surface area contributed by atoms with Crippen molar-refractivity contribution in [1.82, 2.24) is 0 Å². The normalized spacial score (nSPS) is 10.4. The van der Waals surface area contributed by atoms with Crippen molar-refractivity contribution in [2.24, 2.45) is 0 Å². The number of halogens is 2. The third-order valence-corrected chi connectivity index (χ3v) is 2.00. The van der Waals surface area contributed by atoms with Gasteiger partial charge in [0.25, 0.3) is 5.69 Å². The van der Waals surface area contributed by atoms with E-state index in [1.807, 2.05) is 0 Å². The monoisotopic (exact) mass is 225 g/mol. The van der Waals surface area contributed by atoms with Crippen LogP contribution in [0, 0.1) is 21.7 Å². The van der Waals surface area contributed by atoms with Gasteiger partial charge in [-0.25, -0.2) is 8.78 Å². The predicted molar refractivity (Wildman–Crippen MR) is 50.7 cm³/mol. The largest absolute Gasteiger partial charge is 0.464 e. The van der Waals surface area contributed by atoms with Crippen LogP contribution >= 0.6 is 0 Å². The second-order valence-corrected chi connectivity index (χ2v) is 3.02. The standard InChI is InChI=1S/C10H5F2NO3/c11-6-4-7(12)10(8(5-6)13(14)15)9-2-1-3-16-9/h1-5H. The first-order valence-corrected chi connectivity index (χ1v) is 4.27. The molecule has 82 valence electrons. The van der Waals surface area contributed by atoms with Crippen LogP contribution in [0.1, 0.15) is 0 Å². The van der Waals surface area contributed by atoms with E-state index in [9.17, 15) is 18.9 Å². The Morgan fingerprint density at radius 1 is 1.31 bits per heavy atom. The van der Waals surface area contributed by atoms with E-state index in [1.54, 1.807) is 0 Å². The lowest BCUT2D eigenvalue weighted by atomic mass is 10.1. The summed E-state index contributed by atoms with van der Waals surface area (Å²) < 4.78 is 31.1. The summed E-state index contributed by atoms with van der Waals surface area (Å²) in [6.45, 7) is 0. The molecule has 0 aliphatic heterocycles. The van der Waals surface area contributed by atoms with E-state index in [1.165, 1.54) is 18.4 Å². The summed E-state index contributed by atoms with van der Waals surface area (Å²) in [5, 5.41) is 10.7. The molecule has 4 nitrogen and oxygen atoms in total. The van der Waals surface area contributed by atoms with Crippen molar-refractivity contribution in [1.29, 1.82) is 0 Å². The van der Waals surface area contributed by atoms with Crippen molar-refractivity contribution in [2.45, 2.75) is 0 Å². The zero-order valence-corrected chi connectivity index (χ0v) is 7.81. The molecule has 2 rings (SSSR count). The molecule has 1 aromatic carbocycles. The van der Waals surface area contributed by atoms with Crippen molar-refractivity contribution >= 4 is 5.69 Å². The van der Waals surface area contributed by atoms with E-state index in [0.717, 1.165) is 0 Å². The first-order valence-electron chi connectivity index (χ1n) is 4.27. The van der Waals surface area contributed by atoms with Gasteiger partial charge in [-0.05, 0) is 12.1 Å². The van der Waals surface area contributed by atoms with E-state index >= 15 is 0 Å². The van der Waals surface area contributed by atoms with Gasteiger partial charge in [0.2, 0.25) is 0 Å². The highest BCUT2D eigenvalue weighted by atomic mass is 19.1. The van der Waals surface area contributed by atoms with Gasteiger partial charge in [-0.15, -0.1) is 0 Å². The zero-order valence-electron chi connectivity index (χ0n) is 7.81. The van der Waals surface area contributed by atoms with Gasteiger partial charge in [0.15, 0.2) is 0 Å². The minimum absolute atomic E-state index is 0.01000. The number of nitrogens with zero attached hydrogens (tertiary/aromatic N) is 1. The van der Waals surface area contributed by atoms with E-state index in [4.69, 9.17) is 4.42 Å². The van der Waals surface area contributed by atoms with Gasteiger partial charge < -0.3 is 4.42 Å². The summed E-state index contributed by atoms with van der Waals surface area (Å²) in [5.74, 6) is -2.04. The van der Waals surface area contributed by atoms with Crippen LogP contribution in [0.15, 0.2) is 34.9 Å². The average Bonchev–Trinajstić information content (AvgIpc) is 2.69. The number of hydrogen-bond donors (Lipinski definition) is 0. The maximum atomic E-state index is 13.4. The highest BCUT2D eigenvalue weighted by Crippen LogP contribution is 2.33. The molecular weight excluding hydrogens is 220 g/mol. The SMILES string of the molecule is O=[N+]([O-])c1cc(F)cc(F)c1-c1ccco1. The maximum absolute atomic E-state index is 13.4. The second-order valence-electron chi connectivity index (χ2n) is 3.02. The Morgan fingerprint density at radius 2 is 2.06 bits per heavy atom. The molecule has 0 fully saturated rings. The minimum Gasteiger partial charge on any atom is -0.464 e. The van der Waals surface area contributed by atoms with Gasteiger partial charge in [-0.1, -0.05) is 0 Å². The Kier molecular flexibility index (Phi) is 2.40. The molecule has 0 aliphatic carbocycles. The number of benzene rings is 1. The molecule has 0 unspecified atom stereocenters. The molecule has 0 bridgehead atoms. The first-order chi connectivity index (χ1) is 7.59. The van der Waals surface area contributed by atoms with Gasteiger partial charge in [0.05, 0.1) is 17.3 Å². The third kappa shape index (κ3) is 1.65. The summed E-state index contributed by atoms with van der Waals surface area (Å²) in [7, 11) is 0. The molecule has 1 aromatic heterocycles. The molecule has 0 radical (unpaired) electrons. The number of nitro groups is 1. The number of furan rings is 1. The van der Waals surface area contributed by atoms with Crippen LogP contribution in [-0.2, 0) is 0 Å². The molecule has 2 aromatic rings. The van der Waals surface area contributed by atoms with Gasteiger partial charge >= 0.3 is 0 Å². The van der Waals surface area contributed by atoms with Gasteiger partial charge in [-0.3, -0.25) is 10.1 Å². The number of rotatable bonds is 2. The van der Waals surface area contributed by atoms with E-state index in [0.29, 0.717) is 12.1 Å². The van der Waals surface area contributed by atoms with E-state index in [2.05, 4.69) is 0 Å². The molecule has 0 spiro atoms.